The molecule has 1 heterocycles. The summed E-state index contributed by atoms with van der Waals surface area (Å²) in [7, 11) is 3.69. The molecule has 0 bridgehead atoms. The molecule has 0 aliphatic rings. The van der Waals surface area contributed by atoms with E-state index in [1.165, 1.54) is 5.56 Å². The van der Waals surface area contributed by atoms with Gasteiger partial charge in [0.2, 0.25) is 0 Å². The molecule has 1 rings (SSSR count). The first-order valence-electron chi connectivity index (χ1n) is 7.08. The highest BCUT2D eigenvalue weighted by Crippen LogP contribution is 2.18. The molecule has 0 aliphatic carbocycles. The van der Waals surface area contributed by atoms with Crippen LogP contribution in [0.1, 0.15) is 37.4 Å². The zero-order valence-electron chi connectivity index (χ0n) is 13.0. The maximum absolute atomic E-state index is 5.75. The second-order valence-electron chi connectivity index (χ2n) is 5.05. The number of ether oxygens (including phenoxy) is 1. The van der Waals surface area contributed by atoms with E-state index in [-0.39, 0.29) is 0 Å². The maximum Gasteiger partial charge on any atom is 0.118 e. The Morgan fingerprint density at radius 2 is 2.21 bits per heavy atom. The average Bonchev–Trinajstić information content (AvgIpc) is 2.74. The molecular formula is C15H28N2O2. The monoisotopic (exact) mass is 268 g/mol. The predicted octanol–water partition coefficient (Wildman–Crippen LogP) is 2.55. The number of furan rings is 1. The molecule has 4 heteroatoms. The van der Waals surface area contributed by atoms with Crippen LogP contribution in [0.15, 0.2) is 10.5 Å². The van der Waals surface area contributed by atoms with E-state index in [4.69, 9.17) is 9.15 Å². The van der Waals surface area contributed by atoms with E-state index < -0.39 is 0 Å². The van der Waals surface area contributed by atoms with Crippen LogP contribution < -0.4 is 5.32 Å². The van der Waals surface area contributed by atoms with Crippen molar-refractivity contribution in [3.05, 3.63) is 23.2 Å². The number of methoxy groups -OCH3 is 1. The second kappa shape index (κ2) is 8.35. The van der Waals surface area contributed by atoms with Gasteiger partial charge >= 0.3 is 0 Å². The van der Waals surface area contributed by atoms with Crippen molar-refractivity contribution in [3.63, 3.8) is 0 Å². The molecule has 1 N–H and O–H groups in total. The van der Waals surface area contributed by atoms with Crippen molar-refractivity contribution >= 4 is 0 Å². The summed E-state index contributed by atoms with van der Waals surface area (Å²) in [6, 6.07) is 2.71. The Bertz CT molecular complexity index is 363. The van der Waals surface area contributed by atoms with E-state index in [1.807, 2.05) is 14.0 Å². The second-order valence-corrected chi connectivity index (χ2v) is 5.05. The summed E-state index contributed by atoms with van der Waals surface area (Å²) in [5.74, 6) is 2.03. The third-order valence-electron chi connectivity index (χ3n) is 3.59. The Labute approximate surface area is 117 Å². The predicted molar refractivity (Wildman–Crippen MR) is 78.2 cm³/mol. The molecule has 4 nitrogen and oxygen atoms in total. The molecule has 0 amide bonds. The van der Waals surface area contributed by atoms with Gasteiger partial charge in [-0.15, -0.1) is 0 Å². The Kier molecular flexibility index (Phi) is 7.13. The summed E-state index contributed by atoms with van der Waals surface area (Å²) >= 11 is 0. The van der Waals surface area contributed by atoms with E-state index in [1.54, 1.807) is 7.11 Å². The molecule has 0 aliphatic heterocycles. The zero-order valence-corrected chi connectivity index (χ0v) is 13.0. The summed E-state index contributed by atoms with van der Waals surface area (Å²) in [5.41, 5.74) is 1.28. The van der Waals surface area contributed by atoms with Gasteiger partial charge in [-0.1, -0.05) is 6.92 Å². The van der Waals surface area contributed by atoms with Gasteiger partial charge < -0.3 is 14.5 Å². The van der Waals surface area contributed by atoms with Gasteiger partial charge in [0.15, 0.2) is 0 Å². The highest BCUT2D eigenvalue weighted by Gasteiger charge is 2.15. The first-order chi connectivity index (χ1) is 9.12. The minimum Gasteiger partial charge on any atom is -0.465 e. The highest BCUT2D eigenvalue weighted by atomic mass is 16.5. The number of nitrogens with one attached hydrogen (secondary N) is 1. The Balaban J connectivity index is 2.71. The largest absolute Gasteiger partial charge is 0.465 e. The van der Waals surface area contributed by atoms with Gasteiger partial charge in [-0.25, -0.2) is 0 Å². The van der Waals surface area contributed by atoms with Gasteiger partial charge in [-0.05, 0) is 33.4 Å². The van der Waals surface area contributed by atoms with E-state index >= 15 is 0 Å². The Hall–Kier alpha value is -0.840. The lowest BCUT2D eigenvalue weighted by molar-refractivity contribution is 0.117. The van der Waals surface area contributed by atoms with Crippen molar-refractivity contribution in [2.24, 2.45) is 0 Å². The van der Waals surface area contributed by atoms with Crippen LogP contribution in [0.4, 0.5) is 0 Å². The maximum atomic E-state index is 5.75. The summed E-state index contributed by atoms with van der Waals surface area (Å²) in [4.78, 5) is 2.45. The van der Waals surface area contributed by atoms with E-state index in [2.05, 4.69) is 30.1 Å². The SMILES string of the molecule is CCC(C)N(CCOC)Cc1cc(CNC)oc1C. The van der Waals surface area contributed by atoms with Crippen LogP contribution >= 0.6 is 0 Å². The molecule has 0 spiro atoms. The zero-order chi connectivity index (χ0) is 14.3. The van der Waals surface area contributed by atoms with Crippen molar-refractivity contribution in [2.75, 3.05) is 27.3 Å². The van der Waals surface area contributed by atoms with Crippen molar-refractivity contribution in [1.29, 1.82) is 0 Å². The quantitative estimate of drug-likeness (QED) is 0.747. The van der Waals surface area contributed by atoms with Crippen LogP contribution in [0.2, 0.25) is 0 Å². The van der Waals surface area contributed by atoms with Gasteiger partial charge in [0.05, 0.1) is 13.2 Å². The molecule has 110 valence electrons. The van der Waals surface area contributed by atoms with Crippen LogP contribution in [0.5, 0.6) is 0 Å². The van der Waals surface area contributed by atoms with Crippen LogP contribution in [0.25, 0.3) is 0 Å². The molecule has 0 aromatic carbocycles. The van der Waals surface area contributed by atoms with Crippen molar-refractivity contribution < 1.29 is 9.15 Å². The van der Waals surface area contributed by atoms with E-state index in [0.717, 1.165) is 44.2 Å². The van der Waals surface area contributed by atoms with Crippen molar-refractivity contribution in [2.45, 2.75) is 46.3 Å². The molecule has 19 heavy (non-hydrogen) atoms. The third-order valence-corrected chi connectivity index (χ3v) is 3.59. The molecule has 0 saturated carbocycles. The van der Waals surface area contributed by atoms with Crippen LogP contribution in [-0.2, 0) is 17.8 Å². The minimum absolute atomic E-state index is 0.553. The lowest BCUT2D eigenvalue weighted by Gasteiger charge is -2.27. The van der Waals surface area contributed by atoms with Crippen LogP contribution in [-0.4, -0.2) is 38.3 Å². The molecule has 1 atom stereocenters. The number of hydrogen-bond acceptors (Lipinski definition) is 4. The number of hydrogen-bond donors (Lipinski definition) is 1. The van der Waals surface area contributed by atoms with E-state index in [0.29, 0.717) is 6.04 Å². The first kappa shape index (κ1) is 16.2. The molecule has 0 saturated heterocycles. The summed E-state index contributed by atoms with van der Waals surface area (Å²) in [5, 5.41) is 3.12. The lowest BCUT2D eigenvalue weighted by Crippen LogP contribution is -2.34. The van der Waals surface area contributed by atoms with Gasteiger partial charge in [0.1, 0.15) is 11.5 Å². The Morgan fingerprint density at radius 1 is 1.47 bits per heavy atom. The molecule has 1 aromatic rings. The van der Waals surface area contributed by atoms with E-state index in [9.17, 15) is 0 Å². The summed E-state index contributed by atoms with van der Waals surface area (Å²) in [6.07, 6.45) is 1.14. The number of nitrogens with zero attached hydrogens (tertiary/aromatic N) is 1. The van der Waals surface area contributed by atoms with Crippen LogP contribution in [0, 0.1) is 6.92 Å². The molecule has 0 radical (unpaired) electrons. The van der Waals surface area contributed by atoms with Gasteiger partial charge in [-0.3, -0.25) is 4.90 Å². The number of rotatable bonds is 9. The van der Waals surface area contributed by atoms with Crippen molar-refractivity contribution in [1.82, 2.24) is 10.2 Å². The first-order valence-corrected chi connectivity index (χ1v) is 7.08. The van der Waals surface area contributed by atoms with Gasteiger partial charge in [-0.2, -0.15) is 0 Å². The smallest absolute Gasteiger partial charge is 0.118 e. The normalized spacial score (nSPS) is 13.2. The Morgan fingerprint density at radius 3 is 2.79 bits per heavy atom. The molecular weight excluding hydrogens is 240 g/mol. The lowest BCUT2D eigenvalue weighted by atomic mass is 10.1. The standard InChI is InChI=1S/C15H28N2O2/c1-6-12(2)17(7-8-18-5)11-14-9-15(10-16-4)19-13(14)3/h9,12,16H,6-8,10-11H2,1-5H3. The summed E-state index contributed by atoms with van der Waals surface area (Å²) < 4.78 is 11.0. The van der Waals surface area contributed by atoms with Crippen LogP contribution in [0.3, 0.4) is 0 Å². The van der Waals surface area contributed by atoms with Crippen molar-refractivity contribution in [3.8, 4) is 0 Å². The minimum atomic E-state index is 0.553. The fourth-order valence-electron chi connectivity index (χ4n) is 2.15. The fourth-order valence-corrected chi connectivity index (χ4v) is 2.15. The van der Waals surface area contributed by atoms with Gasteiger partial charge in [0.25, 0.3) is 0 Å². The van der Waals surface area contributed by atoms with Gasteiger partial charge in [0, 0.05) is 31.8 Å². The summed E-state index contributed by atoms with van der Waals surface area (Å²) in [6.45, 7) is 9.96. The topological polar surface area (TPSA) is 37.6 Å². The molecule has 1 unspecified atom stereocenters. The molecule has 0 fully saturated rings. The highest BCUT2D eigenvalue weighted by molar-refractivity contribution is 5.20. The fraction of sp³-hybridized carbons (Fsp3) is 0.733. The average molecular weight is 268 g/mol. The third kappa shape index (κ3) is 4.97. The molecule has 1 aromatic heterocycles. The number of aryl methyl sites for hydroxylation is 1.